The number of thiol groups is 1. The Kier molecular flexibility index (Phi) is 10.6. The van der Waals surface area contributed by atoms with E-state index in [4.69, 9.17) is 5.73 Å². The van der Waals surface area contributed by atoms with Crippen LogP contribution in [-0.2, 0) is 32.0 Å². The van der Waals surface area contributed by atoms with Gasteiger partial charge in [-0.25, -0.2) is 4.79 Å². The number of hydrogen-bond donors (Lipinski definition) is 7. The lowest BCUT2D eigenvalue weighted by Gasteiger charge is -2.24. The van der Waals surface area contributed by atoms with Crippen LogP contribution in [0.25, 0.3) is 0 Å². The molecule has 0 heterocycles. The number of rotatable bonds is 12. The molecule has 188 valence electrons. The van der Waals surface area contributed by atoms with Gasteiger partial charge in [-0.15, -0.1) is 0 Å². The second-order valence-electron chi connectivity index (χ2n) is 8.04. The highest BCUT2D eigenvalue weighted by atomic mass is 32.1. The van der Waals surface area contributed by atoms with E-state index in [9.17, 15) is 29.4 Å². The number of carboxylic acid groups (broad SMARTS) is 1. The summed E-state index contributed by atoms with van der Waals surface area (Å²) in [6.45, 7) is 1.45. The summed E-state index contributed by atoms with van der Waals surface area (Å²) in [5.74, 6) is -3.02. The molecule has 3 amide bonds. The van der Waals surface area contributed by atoms with E-state index >= 15 is 0 Å². The highest BCUT2D eigenvalue weighted by Gasteiger charge is 2.29. The van der Waals surface area contributed by atoms with Crippen molar-refractivity contribution < 1.29 is 29.4 Å². The number of nitrogens with one attached hydrogen (secondary N) is 3. The Balaban J connectivity index is 2.15. The number of aromatic hydroxyl groups is 1. The molecule has 10 nitrogen and oxygen atoms in total. The maximum absolute atomic E-state index is 13.1. The fraction of sp³-hybridized carbons (Fsp3) is 0.333. The van der Waals surface area contributed by atoms with Crippen molar-refractivity contribution in [2.24, 2.45) is 5.73 Å². The summed E-state index contributed by atoms with van der Waals surface area (Å²) < 4.78 is 0. The van der Waals surface area contributed by atoms with Gasteiger partial charge in [-0.3, -0.25) is 14.4 Å². The van der Waals surface area contributed by atoms with Gasteiger partial charge in [0, 0.05) is 18.6 Å². The first kappa shape index (κ1) is 27.7. The molecule has 0 radical (unpaired) electrons. The summed E-state index contributed by atoms with van der Waals surface area (Å²) in [6, 6.07) is 10.6. The molecule has 0 spiro atoms. The zero-order valence-corrected chi connectivity index (χ0v) is 20.1. The number of carbonyl (C=O) groups is 4. The van der Waals surface area contributed by atoms with E-state index in [0.717, 1.165) is 5.56 Å². The average molecular weight is 503 g/mol. The summed E-state index contributed by atoms with van der Waals surface area (Å²) in [5.41, 5.74) is 6.95. The molecule has 2 aromatic rings. The third-order valence-corrected chi connectivity index (χ3v) is 5.59. The van der Waals surface area contributed by atoms with E-state index in [1.807, 2.05) is 0 Å². The summed E-state index contributed by atoms with van der Waals surface area (Å²) in [7, 11) is 0. The number of carboxylic acids is 1. The van der Waals surface area contributed by atoms with Crippen LogP contribution in [0.5, 0.6) is 5.75 Å². The van der Waals surface area contributed by atoms with Gasteiger partial charge in [0.05, 0.1) is 6.04 Å². The van der Waals surface area contributed by atoms with Gasteiger partial charge in [-0.1, -0.05) is 42.5 Å². The maximum Gasteiger partial charge on any atom is 0.326 e. The third kappa shape index (κ3) is 8.95. The molecule has 0 aliphatic heterocycles. The van der Waals surface area contributed by atoms with Gasteiger partial charge in [0.2, 0.25) is 17.7 Å². The summed E-state index contributed by atoms with van der Waals surface area (Å²) in [4.78, 5) is 49.6. The van der Waals surface area contributed by atoms with Crippen LogP contribution in [0.2, 0.25) is 0 Å². The Bertz CT molecular complexity index is 1020. The number of aliphatic carboxylic acids is 1. The van der Waals surface area contributed by atoms with Gasteiger partial charge in [0.25, 0.3) is 0 Å². The van der Waals surface area contributed by atoms with Crippen LogP contribution in [0.3, 0.4) is 0 Å². The average Bonchev–Trinajstić information content (AvgIpc) is 2.84. The third-order valence-electron chi connectivity index (χ3n) is 5.19. The number of hydrogen-bond acceptors (Lipinski definition) is 7. The zero-order valence-electron chi connectivity index (χ0n) is 19.2. The van der Waals surface area contributed by atoms with E-state index in [0.29, 0.717) is 5.56 Å². The second kappa shape index (κ2) is 13.4. The van der Waals surface area contributed by atoms with Crippen LogP contribution in [-0.4, -0.2) is 63.8 Å². The molecule has 0 saturated heterocycles. The van der Waals surface area contributed by atoms with Crippen molar-refractivity contribution in [3.63, 3.8) is 0 Å². The number of nitrogens with two attached hydrogens (primary N) is 1. The van der Waals surface area contributed by atoms with Crippen LogP contribution in [0.15, 0.2) is 54.6 Å². The minimum absolute atomic E-state index is 0.0264. The maximum atomic E-state index is 13.1. The number of phenolic OH excluding ortho intramolecular Hbond substituents is 1. The van der Waals surface area contributed by atoms with Crippen LogP contribution < -0.4 is 21.7 Å². The fourth-order valence-electron chi connectivity index (χ4n) is 3.16. The van der Waals surface area contributed by atoms with Gasteiger partial charge in [-0.05, 0) is 30.2 Å². The zero-order chi connectivity index (χ0) is 26.0. The molecular weight excluding hydrogens is 472 g/mol. The molecule has 2 rings (SSSR count). The monoisotopic (exact) mass is 502 g/mol. The van der Waals surface area contributed by atoms with Crippen molar-refractivity contribution in [3.05, 3.63) is 65.7 Å². The largest absolute Gasteiger partial charge is 0.508 e. The van der Waals surface area contributed by atoms with Crippen molar-refractivity contribution in [3.8, 4) is 5.75 Å². The Morgan fingerprint density at radius 1 is 0.829 bits per heavy atom. The normalized spacial score (nSPS) is 14.1. The molecule has 0 bridgehead atoms. The van der Waals surface area contributed by atoms with Gasteiger partial charge in [-0.2, -0.15) is 12.6 Å². The fourth-order valence-corrected chi connectivity index (χ4v) is 3.33. The number of carbonyl (C=O) groups excluding carboxylic acids is 3. The summed E-state index contributed by atoms with van der Waals surface area (Å²) >= 11 is 3.96. The van der Waals surface area contributed by atoms with Crippen LogP contribution >= 0.6 is 12.6 Å². The summed E-state index contributed by atoms with van der Waals surface area (Å²) in [6.07, 6.45) is 0.0716. The van der Waals surface area contributed by atoms with Gasteiger partial charge < -0.3 is 31.9 Å². The van der Waals surface area contributed by atoms with Gasteiger partial charge >= 0.3 is 5.97 Å². The lowest BCUT2D eigenvalue weighted by atomic mass is 10.0. The topological polar surface area (TPSA) is 171 Å². The molecule has 4 atom stereocenters. The molecule has 11 heteroatoms. The van der Waals surface area contributed by atoms with E-state index in [1.165, 1.54) is 19.1 Å². The second-order valence-corrected chi connectivity index (χ2v) is 8.41. The van der Waals surface area contributed by atoms with E-state index in [1.54, 1.807) is 42.5 Å². The minimum atomic E-state index is -1.27. The number of amides is 3. The predicted molar refractivity (Wildman–Crippen MR) is 133 cm³/mol. The SMILES string of the molecule is CC(NC(=O)C(N)CS)C(=O)NC(Cc1ccccc1)C(=O)NC(Cc1ccc(O)cc1)C(=O)O. The van der Waals surface area contributed by atoms with E-state index in [2.05, 4.69) is 28.6 Å². The molecule has 0 saturated carbocycles. The predicted octanol–water partition coefficient (Wildman–Crippen LogP) is -0.00660. The van der Waals surface area contributed by atoms with Crippen LogP contribution in [0, 0.1) is 0 Å². The standard InChI is InChI=1S/C24H30N4O6S/c1-14(26-22(31)18(25)13-35)21(30)27-19(11-15-5-3-2-4-6-15)23(32)28-20(24(33)34)12-16-7-9-17(29)10-8-16/h2-10,14,18-20,29,35H,11-13,25H2,1H3,(H,26,31)(H,27,30)(H,28,32)(H,33,34). The highest BCUT2D eigenvalue weighted by molar-refractivity contribution is 7.80. The number of phenols is 1. The van der Waals surface area contributed by atoms with Crippen LogP contribution in [0.4, 0.5) is 0 Å². The molecule has 0 fully saturated rings. The molecule has 7 N–H and O–H groups in total. The van der Waals surface area contributed by atoms with Gasteiger partial charge in [0.1, 0.15) is 23.9 Å². The lowest BCUT2D eigenvalue weighted by Crippen LogP contribution is -2.57. The van der Waals surface area contributed by atoms with Crippen molar-refractivity contribution in [1.29, 1.82) is 0 Å². The Labute approximate surface area is 208 Å². The van der Waals surface area contributed by atoms with Crippen molar-refractivity contribution in [2.75, 3.05) is 5.75 Å². The van der Waals surface area contributed by atoms with E-state index in [-0.39, 0.29) is 24.3 Å². The first-order valence-electron chi connectivity index (χ1n) is 10.9. The lowest BCUT2D eigenvalue weighted by molar-refractivity contribution is -0.142. The molecule has 0 aliphatic carbocycles. The molecular formula is C24H30N4O6S. The van der Waals surface area contributed by atoms with Crippen molar-refractivity contribution >= 4 is 36.3 Å². The first-order chi connectivity index (χ1) is 16.6. The highest BCUT2D eigenvalue weighted by Crippen LogP contribution is 2.12. The Morgan fingerprint density at radius 2 is 1.37 bits per heavy atom. The minimum Gasteiger partial charge on any atom is -0.508 e. The molecule has 0 aromatic heterocycles. The molecule has 4 unspecified atom stereocenters. The summed E-state index contributed by atoms with van der Waals surface area (Å²) in [5, 5.41) is 26.6. The molecule has 0 aliphatic rings. The molecule has 2 aromatic carbocycles. The Morgan fingerprint density at radius 3 is 1.94 bits per heavy atom. The smallest absolute Gasteiger partial charge is 0.326 e. The quantitative estimate of drug-likeness (QED) is 0.200. The first-order valence-corrected chi connectivity index (χ1v) is 11.6. The van der Waals surface area contributed by atoms with Crippen LogP contribution in [0.1, 0.15) is 18.1 Å². The van der Waals surface area contributed by atoms with Crippen molar-refractivity contribution in [2.45, 2.75) is 43.9 Å². The van der Waals surface area contributed by atoms with Gasteiger partial charge in [0.15, 0.2) is 0 Å². The molecule has 35 heavy (non-hydrogen) atoms. The van der Waals surface area contributed by atoms with Crippen molar-refractivity contribution in [1.82, 2.24) is 16.0 Å². The Hall–Kier alpha value is -3.57. The number of benzene rings is 2. The van der Waals surface area contributed by atoms with E-state index < -0.39 is 47.9 Å².